The molecule has 3 aromatic carbocycles. The van der Waals surface area contributed by atoms with Crippen molar-refractivity contribution in [1.29, 1.82) is 0 Å². The van der Waals surface area contributed by atoms with Crippen LogP contribution in [0.3, 0.4) is 0 Å². The van der Waals surface area contributed by atoms with Crippen LogP contribution in [-0.4, -0.2) is 19.2 Å². The van der Waals surface area contributed by atoms with Crippen LogP contribution in [-0.2, 0) is 17.1 Å². The largest absolute Gasteiger partial charge is 0.343 e. The maximum Gasteiger partial charge on any atom is 0.238 e. The van der Waals surface area contributed by atoms with Crippen LogP contribution >= 0.6 is 0 Å². The number of para-hydroxylation sites is 1. The number of hydrogen-bond donors (Lipinski definition) is 2. The molecule has 0 aliphatic carbocycles. The van der Waals surface area contributed by atoms with Crippen LogP contribution in [0.15, 0.2) is 88.9 Å². The summed E-state index contributed by atoms with van der Waals surface area (Å²) in [6.07, 6.45) is 1.79. The second-order valence-electron chi connectivity index (χ2n) is 6.64. The fourth-order valence-electron chi connectivity index (χ4n) is 3.39. The molecule has 4 aromatic rings. The molecular formula is C22H20N4O2S. The second-order valence-corrected chi connectivity index (χ2v) is 8.21. The third-order valence-corrected chi connectivity index (χ3v) is 5.69. The van der Waals surface area contributed by atoms with Gasteiger partial charge in [0.2, 0.25) is 10.0 Å². The summed E-state index contributed by atoms with van der Waals surface area (Å²) in [5.74, 6) is 0. The summed E-state index contributed by atoms with van der Waals surface area (Å²) in [5.41, 5.74) is 7.90. The first-order chi connectivity index (χ1) is 13.9. The van der Waals surface area contributed by atoms with E-state index in [2.05, 4.69) is 39.4 Å². The number of nitrogens with two attached hydrogens (primary N) is 1. The number of nitrogens with one attached hydrogen (secondary N) is 1. The van der Waals surface area contributed by atoms with E-state index in [9.17, 15) is 8.42 Å². The van der Waals surface area contributed by atoms with Crippen molar-refractivity contribution in [3.63, 3.8) is 0 Å². The summed E-state index contributed by atoms with van der Waals surface area (Å²) in [7, 11) is -1.67. The van der Waals surface area contributed by atoms with Crippen LogP contribution < -0.4 is 10.6 Å². The number of rotatable bonds is 5. The number of hydrazone groups is 1. The van der Waals surface area contributed by atoms with Gasteiger partial charge in [0.15, 0.2) is 0 Å². The van der Waals surface area contributed by atoms with Gasteiger partial charge in [-0.1, -0.05) is 48.5 Å². The van der Waals surface area contributed by atoms with Gasteiger partial charge in [-0.15, -0.1) is 0 Å². The highest BCUT2D eigenvalue weighted by Crippen LogP contribution is 2.31. The molecule has 0 unspecified atom stereocenters. The van der Waals surface area contributed by atoms with E-state index >= 15 is 0 Å². The third-order valence-electron chi connectivity index (χ3n) is 4.76. The average molecular weight is 404 g/mol. The van der Waals surface area contributed by atoms with Gasteiger partial charge >= 0.3 is 0 Å². The summed E-state index contributed by atoms with van der Waals surface area (Å²) in [6.45, 7) is 0. The van der Waals surface area contributed by atoms with Crippen molar-refractivity contribution >= 4 is 32.8 Å². The SMILES string of the molecule is Cn1c(-c2ccccc2)c(/C=N/Nc2ccc(S(N)(=O)=O)cc2)c2ccccc21. The Labute approximate surface area is 169 Å². The van der Waals surface area contributed by atoms with Crippen LogP contribution in [0.2, 0.25) is 0 Å². The number of fused-ring (bicyclic) bond motifs is 1. The van der Waals surface area contributed by atoms with Crippen LogP contribution in [0.4, 0.5) is 5.69 Å². The molecule has 4 rings (SSSR count). The molecule has 146 valence electrons. The summed E-state index contributed by atoms with van der Waals surface area (Å²) < 4.78 is 24.9. The molecule has 7 heteroatoms. The highest BCUT2D eigenvalue weighted by molar-refractivity contribution is 7.89. The second kappa shape index (κ2) is 7.54. The lowest BCUT2D eigenvalue weighted by atomic mass is 10.1. The molecule has 0 fully saturated rings. The summed E-state index contributed by atoms with van der Waals surface area (Å²) in [4.78, 5) is 0.0625. The van der Waals surface area contributed by atoms with E-state index in [1.807, 2.05) is 37.4 Å². The van der Waals surface area contributed by atoms with Gasteiger partial charge < -0.3 is 4.57 Å². The molecule has 1 aromatic heterocycles. The average Bonchev–Trinajstić information content (AvgIpc) is 3.01. The molecule has 0 spiro atoms. The molecule has 0 aliphatic rings. The van der Waals surface area contributed by atoms with Crippen molar-refractivity contribution in [2.24, 2.45) is 17.3 Å². The Kier molecular flexibility index (Phi) is 4.92. The van der Waals surface area contributed by atoms with Gasteiger partial charge in [0.1, 0.15) is 0 Å². The molecule has 1 heterocycles. The van der Waals surface area contributed by atoms with Gasteiger partial charge in [0.05, 0.1) is 22.5 Å². The fourth-order valence-corrected chi connectivity index (χ4v) is 3.90. The molecule has 0 saturated heterocycles. The van der Waals surface area contributed by atoms with Crippen molar-refractivity contribution in [3.8, 4) is 11.3 Å². The molecular weight excluding hydrogens is 384 g/mol. The van der Waals surface area contributed by atoms with E-state index < -0.39 is 10.0 Å². The van der Waals surface area contributed by atoms with Gasteiger partial charge in [0, 0.05) is 23.5 Å². The van der Waals surface area contributed by atoms with Crippen molar-refractivity contribution in [3.05, 3.63) is 84.4 Å². The quantitative estimate of drug-likeness (QED) is 0.390. The van der Waals surface area contributed by atoms with E-state index in [4.69, 9.17) is 5.14 Å². The smallest absolute Gasteiger partial charge is 0.238 e. The third kappa shape index (κ3) is 3.78. The zero-order chi connectivity index (χ0) is 20.4. The number of aryl methyl sites for hydroxylation is 1. The van der Waals surface area contributed by atoms with Crippen LogP contribution in [0.5, 0.6) is 0 Å². The Balaban J connectivity index is 1.70. The van der Waals surface area contributed by atoms with Crippen LogP contribution in [0.1, 0.15) is 5.56 Å². The topological polar surface area (TPSA) is 89.5 Å². The Morgan fingerprint density at radius 3 is 2.28 bits per heavy atom. The van der Waals surface area contributed by atoms with Gasteiger partial charge in [-0.2, -0.15) is 5.10 Å². The number of sulfonamides is 1. The lowest BCUT2D eigenvalue weighted by Gasteiger charge is -2.06. The molecule has 0 aliphatic heterocycles. The number of hydrogen-bond acceptors (Lipinski definition) is 4. The van der Waals surface area contributed by atoms with Crippen molar-refractivity contribution in [1.82, 2.24) is 4.57 Å². The minimum absolute atomic E-state index is 0.0625. The standard InChI is InChI=1S/C22H20N4O2S/c1-26-21-10-6-5-9-19(21)20(22(26)16-7-3-2-4-8-16)15-24-25-17-11-13-18(14-12-17)29(23,27)28/h2-15,25H,1H3,(H2,23,27,28)/b24-15+. The molecule has 3 N–H and O–H groups in total. The Bertz CT molecular complexity index is 1290. The number of anilines is 1. The predicted octanol–water partition coefficient (Wildman–Crippen LogP) is 3.94. The Hall–Kier alpha value is -3.42. The maximum absolute atomic E-state index is 11.4. The first-order valence-corrected chi connectivity index (χ1v) is 10.5. The molecule has 29 heavy (non-hydrogen) atoms. The van der Waals surface area contributed by atoms with Crippen LogP contribution in [0.25, 0.3) is 22.2 Å². The van der Waals surface area contributed by atoms with E-state index in [1.54, 1.807) is 18.3 Å². The highest BCUT2D eigenvalue weighted by Gasteiger charge is 2.14. The molecule has 0 saturated carbocycles. The van der Waals surface area contributed by atoms with Gasteiger partial charge in [-0.3, -0.25) is 5.43 Å². The fraction of sp³-hybridized carbons (Fsp3) is 0.0455. The maximum atomic E-state index is 11.4. The van der Waals surface area contributed by atoms with Crippen molar-refractivity contribution in [2.45, 2.75) is 4.90 Å². The first-order valence-electron chi connectivity index (χ1n) is 9.00. The molecule has 0 radical (unpaired) electrons. The monoisotopic (exact) mass is 404 g/mol. The predicted molar refractivity (Wildman–Crippen MR) is 117 cm³/mol. The zero-order valence-electron chi connectivity index (χ0n) is 15.8. The lowest BCUT2D eigenvalue weighted by molar-refractivity contribution is 0.598. The highest BCUT2D eigenvalue weighted by atomic mass is 32.2. The summed E-state index contributed by atoms with van der Waals surface area (Å²) in [5, 5.41) is 10.6. The lowest BCUT2D eigenvalue weighted by Crippen LogP contribution is -2.11. The minimum Gasteiger partial charge on any atom is -0.343 e. The number of primary sulfonamides is 1. The molecule has 0 bridgehead atoms. The minimum atomic E-state index is -3.71. The van der Waals surface area contributed by atoms with Crippen molar-refractivity contribution < 1.29 is 8.42 Å². The van der Waals surface area contributed by atoms with Gasteiger partial charge in [-0.25, -0.2) is 13.6 Å². The van der Waals surface area contributed by atoms with E-state index in [0.717, 1.165) is 27.7 Å². The van der Waals surface area contributed by atoms with E-state index in [-0.39, 0.29) is 4.90 Å². The Morgan fingerprint density at radius 1 is 0.931 bits per heavy atom. The molecule has 6 nitrogen and oxygen atoms in total. The molecule has 0 atom stereocenters. The summed E-state index contributed by atoms with van der Waals surface area (Å²) in [6, 6.07) is 24.5. The van der Waals surface area contributed by atoms with E-state index in [0.29, 0.717) is 5.69 Å². The molecule has 0 amide bonds. The normalized spacial score (nSPS) is 11.9. The van der Waals surface area contributed by atoms with Crippen molar-refractivity contribution in [2.75, 3.05) is 5.43 Å². The number of aromatic nitrogens is 1. The summed E-state index contributed by atoms with van der Waals surface area (Å²) >= 11 is 0. The zero-order valence-corrected chi connectivity index (χ0v) is 16.6. The van der Waals surface area contributed by atoms with E-state index in [1.165, 1.54) is 12.1 Å². The van der Waals surface area contributed by atoms with Crippen LogP contribution in [0, 0.1) is 0 Å². The van der Waals surface area contributed by atoms with Gasteiger partial charge in [-0.05, 0) is 35.9 Å². The Morgan fingerprint density at radius 2 is 1.59 bits per heavy atom. The first kappa shape index (κ1) is 18.9. The number of nitrogens with zero attached hydrogens (tertiary/aromatic N) is 2. The van der Waals surface area contributed by atoms with Gasteiger partial charge in [0.25, 0.3) is 0 Å². The number of benzene rings is 3.